The van der Waals surface area contributed by atoms with Crippen LogP contribution in [0.5, 0.6) is 0 Å². The van der Waals surface area contributed by atoms with Crippen molar-refractivity contribution in [3.63, 3.8) is 0 Å². The van der Waals surface area contributed by atoms with Crippen LogP contribution in [0.2, 0.25) is 20.1 Å². The Bertz CT molecular complexity index is 2230. The van der Waals surface area contributed by atoms with Gasteiger partial charge in [0.1, 0.15) is 0 Å². The van der Waals surface area contributed by atoms with E-state index >= 15 is 0 Å². The number of likely N-dealkylation sites (tertiary alicyclic amines) is 1. The highest BCUT2D eigenvalue weighted by atomic mass is 35.5. The van der Waals surface area contributed by atoms with E-state index in [1.807, 2.05) is 12.1 Å². The fourth-order valence-electron chi connectivity index (χ4n) is 9.24. The van der Waals surface area contributed by atoms with Gasteiger partial charge in [0.25, 0.3) is 5.91 Å². The lowest BCUT2D eigenvalue weighted by Crippen LogP contribution is -2.60. The van der Waals surface area contributed by atoms with Gasteiger partial charge in [-0.3, -0.25) is 10.1 Å². The van der Waals surface area contributed by atoms with E-state index in [0.717, 1.165) is 93.4 Å². The van der Waals surface area contributed by atoms with Crippen molar-refractivity contribution in [2.45, 2.75) is 76.0 Å². The van der Waals surface area contributed by atoms with Crippen LogP contribution in [0.1, 0.15) is 84.5 Å². The first kappa shape index (κ1) is 46.7. The van der Waals surface area contributed by atoms with Gasteiger partial charge >= 0.3 is 0 Å². The van der Waals surface area contributed by atoms with Gasteiger partial charge in [0, 0.05) is 29.8 Å². The smallest absolute Gasteiger partial charge is 0.252 e. The highest BCUT2D eigenvalue weighted by Gasteiger charge is 2.41. The molecular weight excluding hydrogens is 862 g/mol. The van der Waals surface area contributed by atoms with Gasteiger partial charge < -0.3 is 15.1 Å². The molecule has 328 valence electrons. The van der Waals surface area contributed by atoms with Crippen molar-refractivity contribution in [3.8, 4) is 0 Å². The van der Waals surface area contributed by atoms with E-state index in [4.69, 9.17) is 46.4 Å². The van der Waals surface area contributed by atoms with Gasteiger partial charge in [0.2, 0.25) is 0 Å². The molecule has 1 saturated heterocycles. The zero-order valence-corrected chi connectivity index (χ0v) is 39.1. The van der Waals surface area contributed by atoms with Crippen molar-refractivity contribution in [1.82, 2.24) is 15.5 Å². The van der Waals surface area contributed by atoms with Crippen LogP contribution in [0, 0.1) is 5.92 Å². The number of carbonyl (C=O) groups excluding carboxylic acids is 1. The molecule has 0 spiro atoms. The number of carbonyl (C=O) groups is 1. The van der Waals surface area contributed by atoms with Crippen molar-refractivity contribution in [2.24, 2.45) is 5.92 Å². The highest BCUT2D eigenvalue weighted by molar-refractivity contribution is 6.42. The fourth-order valence-corrected chi connectivity index (χ4v) is 10.0. The van der Waals surface area contributed by atoms with Crippen LogP contribution in [0.15, 0.2) is 158 Å². The summed E-state index contributed by atoms with van der Waals surface area (Å²) in [7, 11) is 0. The van der Waals surface area contributed by atoms with E-state index in [0.29, 0.717) is 38.1 Å². The van der Waals surface area contributed by atoms with Crippen molar-refractivity contribution in [2.75, 3.05) is 31.1 Å². The lowest BCUT2D eigenvalue weighted by molar-refractivity contribution is 0.0948. The Morgan fingerprint density at radius 3 is 1.83 bits per heavy atom. The van der Waals surface area contributed by atoms with Crippen molar-refractivity contribution < 1.29 is 4.79 Å². The van der Waals surface area contributed by atoms with Gasteiger partial charge in [0.15, 0.2) is 0 Å². The summed E-state index contributed by atoms with van der Waals surface area (Å²) < 4.78 is 0. The second-order valence-electron chi connectivity index (χ2n) is 16.8. The van der Waals surface area contributed by atoms with Crippen molar-refractivity contribution >= 4 is 58.0 Å². The summed E-state index contributed by atoms with van der Waals surface area (Å²) in [5, 5.41) is 9.46. The minimum atomic E-state index is -0.763. The highest BCUT2D eigenvalue weighted by Crippen LogP contribution is 2.40. The molecule has 1 aliphatic heterocycles. The van der Waals surface area contributed by atoms with Crippen molar-refractivity contribution in [3.05, 3.63) is 206 Å². The third kappa shape index (κ3) is 12.1. The summed E-state index contributed by atoms with van der Waals surface area (Å²) in [5.41, 5.74) is 5.32. The number of piperidine rings is 1. The van der Waals surface area contributed by atoms with E-state index in [2.05, 4.69) is 155 Å². The minimum absolute atomic E-state index is 0.182. The maximum atomic E-state index is 14.1. The standard InChI is InChI=1S/C54H58Cl4N4O/c1-2-3-8-25-52(60-54(42-19-11-5-12-20-42,43-21-13-6-14-22-43)44-23-15-7-16-24-44)62(46-27-29-49(56)51(58)38-46)47(39-59-53(63)48-28-26-45(55)37-50(48)57)32-35-61-33-30-41(31-34-61)36-40-17-9-4-10-18-40/h4-7,9-24,26-29,37-38,41,47,52,60H,2-3,8,25,30-36,39H2,1H3,(H,59,63). The summed E-state index contributed by atoms with van der Waals surface area (Å²) in [6, 6.07) is 53.8. The fraction of sp³-hybridized carbons (Fsp3) is 0.315. The first-order valence-electron chi connectivity index (χ1n) is 22.4. The molecule has 9 heteroatoms. The van der Waals surface area contributed by atoms with Gasteiger partial charge in [-0.1, -0.05) is 194 Å². The molecule has 7 rings (SSSR count). The lowest BCUT2D eigenvalue weighted by Gasteiger charge is -2.47. The molecule has 0 aromatic heterocycles. The Hall–Kier alpha value is -4.33. The molecule has 2 N–H and O–H groups in total. The number of benzene rings is 6. The number of hydrogen-bond acceptors (Lipinski definition) is 4. The molecule has 1 aliphatic rings. The summed E-state index contributed by atoms with van der Waals surface area (Å²) in [5.74, 6) is 0.407. The maximum Gasteiger partial charge on any atom is 0.252 e. The molecule has 63 heavy (non-hydrogen) atoms. The van der Waals surface area contributed by atoms with Crippen LogP contribution in [-0.4, -0.2) is 49.2 Å². The molecule has 1 fully saturated rings. The molecular formula is C54H58Cl4N4O. The van der Waals surface area contributed by atoms with Crippen LogP contribution in [0.4, 0.5) is 5.69 Å². The molecule has 2 atom stereocenters. The molecule has 2 unspecified atom stereocenters. The lowest BCUT2D eigenvalue weighted by atomic mass is 9.76. The number of nitrogens with one attached hydrogen (secondary N) is 2. The van der Waals surface area contributed by atoms with E-state index in [1.165, 1.54) is 5.56 Å². The van der Waals surface area contributed by atoms with E-state index in [9.17, 15) is 4.79 Å². The summed E-state index contributed by atoms with van der Waals surface area (Å²) in [6.07, 6.45) is 7.88. The number of halogens is 4. The van der Waals surface area contributed by atoms with Gasteiger partial charge in [-0.05, 0) is 110 Å². The van der Waals surface area contributed by atoms with Crippen LogP contribution >= 0.6 is 46.4 Å². The Morgan fingerprint density at radius 1 is 0.683 bits per heavy atom. The van der Waals surface area contributed by atoms with E-state index in [-0.39, 0.29) is 18.1 Å². The van der Waals surface area contributed by atoms with Crippen LogP contribution in [0.3, 0.4) is 0 Å². The molecule has 6 aromatic carbocycles. The second kappa shape index (κ2) is 23.0. The molecule has 0 aliphatic carbocycles. The first-order chi connectivity index (χ1) is 30.7. The summed E-state index contributed by atoms with van der Waals surface area (Å²) in [6.45, 7) is 5.51. The molecule has 5 nitrogen and oxygen atoms in total. The Kier molecular flexibility index (Phi) is 17.1. The average molecular weight is 921 g/mol. The number of unbranched alkanes of at least 4 members (excludes halogenated alkanes) is 2. The third-order valence-electron chi connectivity index (χ3n) is 12.5. The van der Waals surface area contributed by atoms with Gasteiger partial charge in [-0.25, -0.2) is 0 Å². The second-order valence-corrected chi connectivity index (χ2v) is 18.4. The van der Waals surface area contributed by atoms with Crippen molar-refractivity contribution in [1.29, 1.82) is 0 Å². The molecule has 1 amide bonds. The van der Waals surface area contributed by atoms with E-state index < -0.39 is 5.54 Å². The molecule has 0 radical (unpaired) electrons. The Labute approximate surface area is 394 Å². The maximum absolute atomic E-state index is 14.1. The monoisotopic (exact) mass is 918 g/mol. The van der Waals surface area contributed by atoms with Crippen LogP contribution in [0.25, 0.3) is 0 Å². The van der Waals surface area contributed by atoms with Crippen LogP contribution < -0.4 is 15.5 Å². The Balaban J connectivity index is 1.31. The third-order valence-corrected chi connectivity index (χ3v) is 13.8. The number of anilines is 1. The average Bonchev–Trinajstić information content (AvgIpc) is 3.31. The SMILES string of the molecule is CCCCCC(NC(c1ccccc1)(c1ccccc1)c1ccccc1)N(c1ccc(Cl)c(Cl)c1)C(CCN1CCC(Cc2ccccc2)CC1)CNC(=O)c1ccc(Cl)cc1Cl. The predicted octanol–water partition coefficient (Wildman–Crippen LogP) is 13.7. The van der Waals surface area contributed by atoms with Gasteiger partial charge in [-0.2, -0.15) is 0 Å². The molecule has 6 aromatic rings. The number of nitrogens with zero attached hydrogens (tertiary/aromatic N) is 2. The summed E-state index contributed by atoms with van der Waals surface area (Å²) >= 11 is 26.5. The quantitative estimate of drug-likeness (QED) is 0.0455. The zero-order chi connectivity index (χ0) is 44.0. The molecule has 0 saturated carbocycles. The van der Waals surface area contributed by atoms with Gasteiger partial charge in [0.05, 0.1) is 32.3 Å². The Morgan fingerprint density at radius 2 is 1.27 bits per heavy atom. The number of hydrogen-bond donors (Lipinski definition) is 2. The normalized spacial score (nSPS) is 14.6. The summed E-state index contributed by atoms with van der Waals surface area (Å²) in [4.78, 5) is 19.2. The topological polar surface area (TPSA) is 47.6 Å². The molecule has 1 heterocycles. The molecule has 0 bridgehead atoms. The number of amides is 1. The largest absolute Gasteiger partial charge is 0.351 e. The zero-order valence-electron chi connectivity index (χ0n) is 36.0. The first-order valence-corrected chi connectivity index (χ1v) is 23.9. The minimum Gasteiger partial charge on any atom is -0.351 e. The van der Waals surface area contributed by atoms with E-state index in [1.54, 1.807) is 18.2 Å². The van der Waals surface area contributed by atoms with Crippen LogP contribution in [-0.2, 0) is 12.0 Å². The predicted molar refractivity (Wildman–Crippen MR) is 266 cm³/mol. The number of rotatable bonds is 20. The van der Waals surface area contributed by atoms with Gasteiger partial charge in [-0.15, -0.1) is 0 Å².